The number of carbonyl (C=O) groups excluding carboxylic acids is 1. The summed E-state index contributed by atoms with van der Waals surface area (Å²) >= 11 is 3.40. The summed E-state index contributed by atoms with van der Waals surface area (Å²) in [5, 5.41) is 9.37. The summed E-state index contributed by atoms with van der Waals surface area (Å²) in [6.45, 7) is 1.65. The van der Waals surface area contributed by atoms with Gasteiger partial charge in [0.15, 0.2) is 0 Å². The fraction of sp³-hybridized carbons (Fsp3) is 0.208. The molecule has 0 saturated heterocycles. The third kappa shape index (κ3) is 4.61. The molecule has 1 aliphatic heterocycles. The van der Waals surface area contributed by atoms with Crippen molar-refractivity contribution < 1.29 is 22.7 Å². The zero-order valence-electron chi connectivity index (χ0n) is 18.9. The van der Waals surface area contributed by atoms with Crippen LogP contribution in [0.5, 0.6) is 0 Å². The van der Waals surface area contributed by atoms with E-state index < -0.39 is 17.8 Å². The lowest BCUT2D eigenvalue weighted by Crippen LogP contribution is -2.23. The topological polar surface area (TPSA) is 104 Å². The predicted molar refractivity (Wildman–Crippen MR) is 133 cm³/mol. The van der Waals surface area contributed by atoms with Crippen LogP contribution in [0.15, 0.2) is 47.2 Å². The predicted octanol–water partition coefficient (Wildman–Crippen LogP) is 5.97. The van der Waals surface area contributed by atoms with Crippen LogP contribution in [-0.2, 0) is 23.9 Å². The van der Waals surface area contributed by atoms with Crippen molar-refractivity contribution in [1.29, 1.82) is 0 Å². The molecular formula is C24H20BrF3N6O2. The molecule has 0 aliphatic carbocycles. The number of ether oxygens (including phenoxy) is 1. The van der Waals surface area contributed by atoms with Crippen molar-refractivity contribution in [2.75, 3.05) is 24.3 Å². The summed E-state index contributed by atoms with van der Waals surface area (Å²) in [6, 6.07) is 8.97. The zero-order valence-corrected chi connectivity index (χ0v) is 20.5. The van der Waals surface area contributed by atoms with E-state index in [4.69, 9.17) is 0 Å². The van der Waals surface area contributed by atoms with Gasteiger partial charge in [-0.25, -0.2) is 14.8 Å². The van der Waals surface area contributed by atoms with E-state index in [2.05, 4.69) is 51.6 Å². The SMILES string of the molecule is COC(=O)Nc1ccc2c(-c3nc(Nc4ccc5c(c4)CCNC5)ncc3C(F)(F)F)c[nH]c2c1Br. The van der Waals surface area contributed by atoms with Crippen LogP contribution in [0.2, 0.25) is 0 Å². The first kappa shape index (κ1) is 24.1. The Morgan fingerprint density at radius 1 is 1.19 bits per heavy atom. The molecule has 2 aromatic carbocycles. The highest BCUT2D eigenvalue weighted by Gasteiger charge is 2.36. The van der Waals surface area contributed by atoms with E-state index in [0.717, 1.165) is 25.7 Å². The highest BCUT2D eigenvalue weighted by molar-refractivity contribution is 9.10. The van der Waals surface area contributed by atoms with Crippen molar-refractivity contribution >= 4 is 50.2 Å². The van der Waals surface area contributed by atoms with Crippen molar-refractivity contribution in [3.63, 3.8) is 0 Å². The zero-order chi connectivity index (χ0) is 25.4. The van der Waals surface area contributed by atoms with Crippen LogP contribution in [0.4, 0.5) is 35.3 Å². The Morgan fingerprint density at radius 2 is 2.03 bits per heavy atom. The van der Waals surface area contributed by atoms with Gasteiger partial charge in [-0.15, -0.1) is 0 Å². The number of amides is 1. The molecule has 186 valence electrons. The number of aromatic amines is 1. The fourth-order valence-corrected chi connectivity index (χ4v) is 4.72. The minimum Gasteiger partial charge on any atom is -0.453 e. The molecule has 0 unspecified atom stereocenters. The van der Waals surface area contributed by atoms with Crippen LogP contribution >= 0.6 is 15.9 Å². The van der Waals surface area contributed by atoms with E-state index in [1.807, 2.05) is 18.2 Å². The second kappa shape index (κ2) is 9.43. The number of nitrogens with zero attached hydrogens (tertiary/aromatic N) is 2. The Balaban J connectivity index is 1.56. The Labute approximate surface area is 211 Å². The van der Waals surface area contributed by atoms with Crippen molar-refractivity contribution in [1.82, 2.24) is 20.3 Å². The summed E-state index contributed by atoms with van der Waals surface area (Å²) in [6.07, 6.45) is -2.24. The first-order valence-corrected chi connectivity index (χ1v) is 11.7. The van der Waals surface area contributed by atoms with E-state index >= 15 is 0 Å². The van der Waals surface area contributed by atoms with Crippen LogP contribution in [0.1, 0.15) is 16.7 Å². The van der Waals surface area contributed by atoms with Gasteiger partial charge in [-0.05, 0) is 58.2 Å². The first-order valence-electron chi connectivity index (χ1n) is 10.9. The lowest BCUT2D eigenvalue weighted by Gasteiger charge is -2.18. The highest BCUT2D eigenvalue weighted by Crippen LogP contribution is 2.41. The number of carbonyl (C=O) groups is 1. The number of methoxy groups -OCH3 is 1. The molecule has 0 saturated carbocycles. The average Bonchev–Trinajstić information content (AvgIpc) is 3.29. The van der Waals surface area contributed by atoms with Gasteiger partial charge in [0, 0.05) is 35.6 Å². The standard InChI is InChI=1S/C24H20BrF3N6O2/c1-36-23(35)33-18-5-4-15-16(10-30-21(15)19(18)25)20-17(24(26,27)28)11-31-22(34-20)32-14-3-2-13-9-29-7-6-12(13)8-14/h2-5,8,10-11,29-30H,6-7,9H2,1H3,(H,33,35)(H,31,32,34). The lowest BCUT2D eigenvalue weighted by molar-refractivity contribution is -0.137. The average molecular weight is 561 g/mol. The van der Waals surface area contributed by atoms with Crippen LogP contribution in [-0.4, -0.2) is 34.7 Å². The minimum atomic E-state index is -4.67. The number of hydrogen-bond acceptors (Lipinski definition) is 6. The summed E-state index contributed by atoms with van der Waals surface area (Å²) < 4.78 is 46.8. The molecule has 4 aromatic rings. The van der Waals surface area contributed by atoms with Gasteiger partial charge in [0.25, 0.3) is 0 Å². The molecule has 8 nitrogen and oxygen atoms in total. The number of H-pyrrole nitrogens is 1. The second-order valence-corrected chi connectivity index (χ2v) is 8.95. The molecule has 1 aliphatic rings. The molecule has 1 amide bonds. The number of aromatic nitrogens is 3. The molecule has 36 heavy (non-hydrogen) atoms. The molecule has 2 aromatic heterocycles. The summed E-state index contributed by atoms with van der Waals surface area (Å²) in [4.78, 5) is 22.8. The number of rotatable bonds is 4. The monoisotopic (exact) mass is 560 g/mol. The Hall–Kier alpha value is -3.64. The van der Waals surface area contributed by atoms with Gasteiger partial charge < -0.3 is 20.4 Å². The number of alkyl halides is 3. The van der Waals surface area contributed by atoms with E-state index in [-0.39, 0.29) is 17.2 Å². The summed E-state index contributed by atoms with van der Waals surface area (Å²) in [5.74, 6) is 0.0456. The molecule has 0 fully saturated rings. The minimum absolute atomic E-state index is 0.0456. The van der Waals surface area contributed by atoms with Gasteiger partial charge in [-0.1, -0.05) is 12.1 Å². The number of halogens is 4. The van der Waals surface area contributed by atoms with Crippen molar-refractivity contribution in [3.05, 3.63) is 63.9 Å². The second-order valence-electron chi connectivity index (χ2n) is 8.16. The van der Waals surface area contributed by atoms with Gasteiger partial charge in [-0.2, -0.15) is 13.2 Å². The molecule has 0 radical (unpaired) electrons. The normalized spacial score (nSPS) is 13.4. The fourth-order valence-electron chi connectivity index (χ4n) is 4.16. The Morgan fingerprint density at radius 3 is 2.81 bits per heavy atom. The van der Waals surface area contributed by atoms with Crippen LogP contribution in [0.3, 0.4) is 0 Å². The number of nitrogens with one attached hydrogen (secondary N) is 4. The molecule has 0 atom stereocenters. The summed E-state index contributed by atoms with van der Waals surface area (Å²) in [7, 11) is 1.23. The molecule has 0 bridgehead atoms. The molecule has 0 spiro atoms. The third-order valence-corrected chi connectivity index (χ3v) is 6.74. The van der Waals surface area contributed by atoms with Crippen LogP contribution < -0.4 is 16.0 Å². The smallest absolute Gasteiger partial charge is 0.419 e. The molecule has 5 rings (SSSR count). The van der Waals surface area contributed by atoms with Crippen LogP contribution in [0, 0.1) is 0 Å². The van der Waals surface area contributed by atoms with Crippen molar-refractivity contribution in [3.8, 4) is 11.3 Å². The Kier molecular flexibility index (Phi) is 6.31. The summed E-state index contributed by atoms with van der Waals surface area (Å²) in [5.41, 5.74) is 2.95. The number of fused-ring (bicyclic) bond motifs is 2. The number of anilines is 3. The number of benzene rings is 2. The molecule has 4 N–H and O–H groups in total. The molecular weight excluding hydrogens is 541 g/mol. The maximum atomic E-state index is 13.9. The maximum Gasteiger partial charge on any atom is 0.419 e. The van der Waals surface area contributed by atoms with E-state index in [1.54, 1.807) is 12.1 Å². The van der Waals surface area contributed by atoms with Crippen molar-refractivity contribution in [2.45, 2.75) is 19.1 Å². The largest absolute Gasteiger partial charge is 0.453 e. The quantitative estimate of drug-likeness (QED) is 0.245. The van der Waals surface area contributed by atoms with Gasteiger partial charge >= 0.3 is 12.3 Å². The van der Waals surface area contributed by atoms with Gasteiger partial charge in [0.05, 0.1) is 28.5 Å². The van der Waals surface area contributed by atoms with Crippen LogP contribution in [0.25, 0.3) is 22.2 Å². The lowest BCUT2D eigenvalue weighted by atomic mass is 10.0. The van der Waals surface area contributed by atoms with E-state index in [9.17, 15) is 18.0 Å². The van der Waals surface area contributed by atoms with E-state index in [1.165, 1.54) is 24.4 Å². The van der Waals surface area contributed by atoms with Crippen molar-refractivity contribution in [2.24, 2.45) is 0 Å². The van der Waals surface area contributed by atoms with Gasteiger partial charge in [-0.3, -0.25) is 5.32 Å². The van der Waals surface area contributed by atoms with Gasteiger partial charge in [0.2, 0.25) is 5.95 Å². The highest BCUT2D eigenvalue weighted by atomic mass is 79.9. The van der Waals surface area contributed by atoms with Gasteiger partial charge in [0.1, 0.15) is 5.56 Å². The number of hydrogen-bond donors (Lipinski definition) is 4. The van der Waals surface area contributed by atoms with E-state index in [0.29, 0.717) is 26.8 Å². The molecule has 12 heteroatoms. The maximum absolute atomic E-state index is 13.9. The first-order chi connectivity index (χ1) is 17.2. The Bertz CT molecular complexity index is 1470. The third-order valence-electron chi connectivity index (χ3n) is 5.91. The molecule has 3 heterocycles.